The topological polar surface area (TPSA) is 79.6 Å². The van der Waals surface area contributed by atoms with Crippen molar-refractivity contribution in [1.82, 2.24) is 4.57 Å². The number of carbonyl (C=O) groups excluding carboxylic acids is 1. The van der Waals surface area contributed by atoms with E-state index in [1.165, 1.54) is 10.6 Å². The van der Waals surface area contributed by atoms with Crippen LogP contribution in [0, 0.1) is 23.3 Å². The lowest BCUT2D eigenvalue weighted by Crippen LogP contribution is -2.32. The van der Waals surface area contributed by atoms with Gasteiger partial charge in [0.05, 0.1) is 11.2 Å². The number of hydrogen-bond acceptors (Lipinski definition) is 4. The van der Waals surface area contributed by atoms with Crippen LogP contribution in [0.2, 0.25) is 0 Å². The first kappa shape index (κ1) is 25.4. The number of aromatic nitrogens is 1. The molecule has 1 aliphatic heterocycles. The molecule has 0 amide bonds. The van der Waals surface area contributed by atoms with E-state index in [1.807, 2.05) is 4.90 Å². The molecule has 35 heavy (non-hydrogen) atoms. The number of pyridine rings is 1. The molecule has 0 atom stereocenters. The van der Waals surface area contributed by atoms with Crippen LogP contribution in [0.1, 0.15) is 27.3 Å². The molecule has 2 heterocycles. The molecule has 4 rings (SSSR count). The number of nitrogens with zero attached hydrogens (tertiary/aromatic N) is 2. The van der Waals surface area contributed by atoms with E-state index in [2.05, 4.69) is 13.2 Å². The molecule has 0 unspecified atom stereocenters. The van der Waals surface area contributed by atoms with Crippen LogP contribution in [0.3, 0.4) is 0 Å². The van der Waals surface area contributed by atoms with E-state index >= 15 is 0 Å². The van der Waals surface area contributed by atoms with E-state index in [4.69, 9.17) is 5.11 Å². The third-order valence-electron chi connectivity index (χ3n) is 5.32. The van der Waals surface area contributed by atoms with E-state index in [0.29, 0.717) is 25.2 Å². The van der Waals surface area contributed by atoms with Gasteiger partial charge in [0.25, 0.3) is 0 Å². The first-order chi connectivity index (χ1) is 16.6. The maximum absolute atomic E-state index is 13.3. The summed E-state index contributed by atoms with van der Waals surface area (Å²) in [6, 6.07) is 4.50. The molecule has 0 saturated carbocycles. The Labute approximate surface area is 197 Å². The number of anilines is 1. The zero-order valence-corrected chi connectivity index (χ0v) is 18.4. The van der Waals surface area contributed by atoms with E-state index in [1.54, 1.807) is 6.08 Å². The van der Waals surface area contributed by atoms with Gasteiger partial charge in [-0.1, -0.05) is 12.2 Å². The van der Waals surface area contributed by atoms with Crippen molar-refractivity contribution in [3.8, 4) is 0 Å². The number of Topliss-reactive ketones (excluding diaryl/α,β-unsaturated/α-hetero) is 1. The number of hydrogen-bond donors (Lipinski definition) is 1. The minimum absolute atomic E-state index is 0.0173. The monoisotopic (exact) mass is 488 g/mol. The first-order valence-electron chi connectivity index (χ1n) is 10.3. The molecule has 0 saturated heterocycles. The number of fused-ring (bicyclic) bond motifs is 2. The molecule has 182 valence electrons. The zero-order valence-electron chi connectivity index (χ0n) is 18.4. The minimum atomic E-state index is -1.33. The van der Waals surface area contributed by atoms with Gasteiger partial charge in [0.15, 0.2) is 34.5 Å². The van der Waals surface area contributed by atoms with Crippen LogP contribution in [0.15, 0.2) is 60.4 Å². The maximum Gasteiger partial charge on any atom is 0.352 e. The van der Waals surface area contributed by atoms with Crippen molar-refractivity contribution < 1.29 is 32.3 Å². The van der Waals surface area contributed by atoms with Crippen molar-refractivity contribution in [2.45, 2.75) is 13.0 Å². The van der Waals surface area contributed by atoms with Gasteiger partial charge in [-0.15, -0.1) is 13.2 Å². The highest BCUT2D eigenvalue weighted by Gasteiger charge is 2.24. The lowest BCUT2D eigenvalue weighted by molar-refractivity contribution is 0.0685. The molecular weight excluding hydrogens is 468 g/mol. The summed E-state index contributed by atoms with van der Waals surface area (Å²) >= 11 is 0. The number of halogens is 4. The SMILES string of the molecule is C=CCN1CCC(=O)c2cc(F)c(F)cc21.C=CCn1c(C(=O)O)cc(=O)c2cc(F)c(F)cc21. The van der Waals surface area contributed by atoms with Gasteiger partial charge < -0.3 is 14.6 Å². The van der Waals surface area contributed by atoms with Crippen LogP contribution in [0.4, 0.5) is 23.2 Å². The molecule has 1 N–H and O–H groups in total. The number of rotatable bonds is 5. The van der Waals surface area contributed by atoms with Crippen molar-refractivity contribution in [2.75, 3.05) is 18.0 Å². The lowest BCUT2D eigenvalue weighted by atomic mass is 10.00. The Morgan fingerprint density at radius 3 is 2.14 bits per heavy atom. The Kier molecular flexibility index (Phi) is 7.53. The van der Waals surface area contributed by atoms with E-state index in [0.717, 1.165) is 30.3 Å². The third kappa shape index (κ3) is 5.16. The standard InChI is InChI=1S/C13H9F2NO3.C12H11F2NO/c1-2-3-16-10-5-9(15)8(14)4-7(10)12(17)6-11(16)13(18)19;1-2-4-15-5-3-12(16)8-6-9(13)10(14)7-11(8)15/h2,4-6H,1,3H2,(H,18,19);2,6-7H,1,3-5H2. The van der Waals surface area contributed by atoms with E-state index in [-0.39, 0.29) is 34.5 Å². The number of carboxylic acid groups (broad SMARTS) is 1. The summed E-state index contributed by atoms with van der Waals surface area (Å²) in [6.45, 7) is 8.15. The number of carboxylic acids is 1. The van der Waals surface area contributed by atoms with E-state index in [9.17, 15) is 31.9 Å². The van der Waals surface area contributed by atoms with Crippen LogP contribution in [-0.4, -0.2) is 34.5 Å². The molecule has 3 aromatic rings. The van der Waals surface area contributed by atoms with Crippen molar-refractivity contribution >= 4 is 28.3 Å². The summed E-state index contributed by atoms with van der Waals surface area (Å²) < 4.78 is 53.7. The van der Waals surface area contributed by atoms with Gasteiger partial charge in [-0.25, -0.2) is 22.4 Å². The number of ketones is 1. The molecule has 1 aromatic heterocycles. The predicted molar refractivity (Wildman–Crippen MR) is 123 cm³/mol. The summed E-state index contributed by atoms with van der Waals surface area (Å²) in [4.78, 5) is 36.2. The molecule has 10 heteroatoms. The molecule has 1 aliphatic rings. The summed E-state index contributed by atoms with van der Waals surface area (Å²) in [7, 11) is 0. The average Bonchev–Trinajstić information content (AvgIpc) is 2.80. The highest BCUT2D eigenvalue weighted by Crippen LogP contribution is 2.29. The summed E-state index contributed by atoms with van der Waals surface area (Å²) in [5.41, 5.74) is -0.249. The van der Waals surface area contributed by atoms with Gasteiger partial charge in [0, 0.05) is 55.2 Å². The Balaban J connectivity index is 0.000000198. The van der Waals surface area contributed by atoms with Crippen LogP contribution in [0.5, 0.6) is 0 Å². The molecule has 0 radical (unpaired) electrons. The highest BCUT2D eigenvalue weighted by molar-refractivity contribution is 6.03. The summed E-state index contributed by atoms with van der Waals surface area (Å²) in [5, 5.41) is 8.96. The molecule has 6 nitrogen and oxygen atoms in total. The highest BCUT2D eigenvalue weighted by atomic mass is 19.2. The van der Waals surface area contributed by atoms with Crippen LogP contribution in [-0.2, 0) is 6.54 Å². The second-order valence-electron chi connectivity index (χ2n) is 7.57. The smallest absolute Gasteiger partial charge is 0.352 e. The number of benzene rings is 2. The molecule has 0 aliphatic carbocycles. The average molecular weight is 488 g/mol. The predicted octanol–water partition coefficient (Wildman–Crippen LogP) is 4.71. The summed E-state index contributed by atoms with van der Waals surface area (Å²) in [6.07, 6.45) is 3.39. The molecule has 2 aromatic carbocycles. The minimum Gasteiger partial charge on any atom is -0.477 e. The maximum atomic E-state index is 13.3. The fourth-order valence-electron chi connectivity index (χ4n) is 3.73. The van der Waals surface area contributed by atoms with Gasteiger partial charge in [-0.2, -0.15) is 0 Å². The molecular formula is C25H20F4N2O4. The Morgan fingerprint density at radius 1 is 0.914 bits per heavy atom. The Morgan fingerprint density at radius 2 is 1.51 bits per heavy atom. The quantitative estimate of drug-likeness (QED) is 0.416. The van der Waals surface area contributed by atoms with Gasteiger partial charge in [0.1, 0.15) is 5.69 Å². The fraction of sp³-hybridized carbons (Fsp3) is 0.160. The Bertz CT molecular complexity index is 1420. The number of allylic oxidation sites excluding steroid dienone is 1. The lowest BCUT2D eigenvalue weighted by Gasteiger charge is -2.29. The normalized spacial score (nSPS) is 12.6. The number of aromatic carboxylic acids is 1. The van der Waals surface area contributed by atoms with Gasteiger partial charge in [-0.3, -0.25) is 9.59 Å². The first-order valence-corrected chi connectivity index (χ1v) is 10.3. The second kappa shape index (κ2) is 10.4. The second-order valence-corrected chi connectivity index (χ2v) is 7.57. The van der Waals surface area contributed by atoms with E-state index < -0.39 is 34.7 Å². The van der Waals surface area contributed by atoms with Crippen LogP contribution < -0.4 is 10.3 Å². The fourth-order valence-corrected chi connectivity index (χ4v) is 3.73. The van der Waals surface area contributed by atoms with Crippen molar-refractivity contribution in [2.24, 2.45) is 0 Å². The van der Waals surface area contributed by atoms with Gasteiger partial charge in [-0.05, 0) is 12.1 Å². The largest absolute Gasteiger partial charge is 0.477 e. The summed E-state index contributed by atoms with van der Waals surface area (Å²) in [5.74, 6) is -5.68. The molecule has 0 fully saturated rings. The molecule has 0 bridgehead atoms. The van der Waals surface area contributed by atoms with Gasteiger partial charge >= 0.3 is 5.97 Å². The van der Waals surface area contributed by atoms with Crippen molar-refractivity contribution in [3.05, 3.63) is 100 Å². The zero-order chi connectivity index (χ0) is 25.9. The van der Waals surface area contributed by atoms with Gasteiger partial charge in [0.2, 0.25) is 0 Å². The van der Waals surface area contributed by atoms with Crippen LogP contribution >= 0.6 is 0 Å². The Hall–Kier alpha value is -4.21. The van der Waals surface area contributed by atoms with Crippen molar-refractivity contribution in [1.29, 1.82) is 0 Å². The molecule has 0 spiro atoms. The van der Waals surface area contributed by atoms with Crippen LogP contribution in [0.25, 0.3) is 10.9 Å². The third-order valence-corrected chi connectivity index (χ3v) is 5.32. The number of carbonyl (C=O) groups is 2. The van der Waals surface area contributed by atoms with Crippen molar-refractivity contribution in [3.63, 3.8) is 0 Å².